The predicted molar refractivity (Wildman–Crippen MR) is 84.9 cm³/mol. The molecule has 0 amide bonds. The van der Waals surface area contributed by atoms with E-state index >= 15 is 0 Å². The first-order valence-corrected chi connectivity index (χ1v) is 8.67. The van der Waals surface area contributed by atoms with Gasteiger partial charge in [0.05, 0.1) is 0 Å². The van der Waals surface area contributed by atoms with E-state index in [1.807, 2.05) is 0 Å². The number of nitrogens with one attached hydrogen (secondary N) is 1. The predicted octanol–water partition coefficient (Wildman–Crippen LogP) is 2.50. The molecule has 3 nitrogen and oxygen atoms in total. The van der Waals surface area contributed by atoms with Gasteiger partial charge in [-0.05, 0) is 56.0 Å². The van der Waals surface area contributed by atoms with Crippen LogP contribution in [0.1, 0.15) is 52.4 Å². The molecule has 0 aromatic carbocycles. The van der Waals surface area contributed by atoms with Gasteiger partial charge in [-0.2, -0.15) is 0 Å². The largest absolute Gasteiger partial charge is 0.396 e. The van der Waals surface area contributed by atoms with Gasteiger partial charge in [0.15, 0.2) is 0 Å². The molecular weight excluding hydrogens is 248 g/mol. The van der Waals surface area contributed by atoms with Crippen LogP contribution in [-0.4, -0.2) is 49.3 Å². The molecule has 1 unspecified atom stereocenters. The van der Waals surface area contributed by atoms with Crippen molar-refractivity contribution in [3.05, 3.63) is 0 Å². The standard InChI is InChI=1S/C17H34N2O/c1-15(2)10-18-13-17(7-3-4-8-17)14-19-9-5-6-16(11-19)12-20/h15-16,18,20H,3-14H2,1-2H3. The molecule has 1 saturated heterocycles. The Bertz CT molecular complexity index is 274. The monoisotopic (exact) mass is 282 g/mol. The lowest BCUT2D eigenvalue weighted by atomic mass is 9.84. The minimum atomic E-state index is 0.370. The highest BCUT2D eigenvalue weighted by Crippen LogP contribution is 2.39. The molecule has 0 radical (unpaired) electrons. The Hall–Kier alpha value is -0.120. The average molecular weight is 282 g/mol. The quantitative estimate of drug-likeness (QED) is 0.753. The minimum absolute atomic E-state index is 0.370. The maximum absolute atomic E-state index is 9.40. The van der Waals surface area contributed by atoms with Crippen molar-refractivity contribution in [2.24, 2.45) is 17.3 Å². The van der Waals surface area contributed by atoms with Crippen molar-refractivity contribution in [1.82, 2.24) is 10.2 Å². The molecule has 2 N–H and O–H groups in total. The molecule has 2 fully saturated rings. The van der Waals surface area contributed by atoms with Crippen molar-refractivity contribution in [3.8, 4) is 0 Å². The molecule has 0 aromatic heterocycles. The summed E-state index contributed by atoms with van der Waals surface area (Å²) < 4.78 is 0. The molecule has 118 valence electrons. The van der Waals surface area contributed by atoms with Crippen molar-refractivity contribution >= 4 is 0 Å². The summed E-state index contributed by atoms with van der Waals surface area (Å²) in [7, 11) is 0. The highest BCUT2D eigenvalue weighted by molar-refractivity contribution is 4.90. The summed E-state index contributed by atoms with van der Waals surface area (Å²) in [5, 5.41) is 13.1. The van der Waals surface area contributed by atoms with Crippen LogP contribution in [0.3, 0.4) is 0 Å². The van der Waals surface area contributed by atoms with Crippen molar-refractivity contribution < 1.29 is 5.11 Å². The Kier molecular flexibility index (Phi) is 6.31. The lowest BCUT2D eigenvalue weighted by molar-refractivity contribution is 0.0784. The molecular formula is C17H34N2O. The Morgan fingerprint density at radius 3 is 2.65 bits per heavy atom. The van der Waals surface area contributed by atoms with Crippen molar-refractivity contribution in [3.63, 3.8) is 0 Å². The summed E-state index contributed by atoms with van der Waals surface area (Å²) in [5.41, 5.74) is 0.506. The Balaban J connectivity index is 1.84. The fraction of sp³-hybridized carbons (Fsp3) is 1.00. The molecule has 2 rings (SSSR count). The third-order valence-corrected chi connectivity index (χ3v) is 5.14. The van der Waals surface area contributed by atoms with Crippen LogP contribution >= 0.6 is 0 Å². The molecule has 1 saturated carbocycles. The third kappa shape index (κ3) is 4.71. The fourth-order valence-corrected chi connectivity index (χ4v) is 4.06. The van der Waals surface area contributed by atoms with Crippen molar-refractivity contribution in [2.45, 2.75) is 52.4 Å². The van der Waals surface area contributed by atoms with Crippen LogP contribution in [0.25, 0.3) is 0 Å². The number of aliphatic hydroxyl groups is 1. The summed E-state index contributed by atoms with van der Waals surface area (Å²) in [6.45, 7) is 10.9. The number of hydrogen-bond donors (Lipinski definition) is 2. The molecule has 1 heterocycles. The molecule has 3 heteroatoms. The van der Waals surface area contributed by atoms with E-state index in [9.17, 15) is 5.11 Å². The van der Waals surface area contributed by atoms with Gasteiger partial charge in [0.2, 0.25) is 0 Å². The zero-order chi connectivity index (χ0) is 14.4. The molecule has 2 aliphatic rings. The molecule has 1 atom stereocenters. The first-order chi connectivity index (χ1) is 9.63. The summed E-state index contributed by atoms with van der Waals surface area (Å²) in [6.07, 6.45) is 8.06. The van der Waals surface area contributed by atoms with Gasteiger partial charge in [-0.25, -0.2) is 0 Å². The molecule has 0 bridgehead atoms. The highest BCUT2D eigenvalue weighted by Gasteiger charge is 2.36. The molecule has 0 aromatic rings. The van der Waals surface area contributed by atoms with E-state index in [4.69, 9.17) is 0 Å². The lowest BCUT2D eigenvalue weighted by Crippen LogP contribution is -2.47. The van der Waals surface area contributed by atoms with Gasteiger partial charge in [0, 0.05) is 26.2 Å². The summed E-state index contributed by atoms with van der Waals surface area (Å²) in [5.74, 6) is 1.26. The second-order valence-electron chi connectivity index (χ2n) is 7.66. The van der Waals surface area contributed by atoms with Gasteiger partial charge in [-0.3, -0.25) is 0 Å². The third-order valence-electron chi connectivity index (χ3n) is 5.14. The van der Waals surface area contributed by atoms with Gasteiger partial charge >= 0.3 is 0 Å². The summed E-state index contributed by atoms with van der Waals surface area (Å²) in [4.78, 5) is 2.63. The van der Waals surface area contributed by atoms with Crippen LogP contribution in [0.5, 0.6) is 0 Å². The van der Waals surface area contributed by atoms with Gasteiger partial charge in [-0.15, -0.1) is 0 Å². The highest BCUT2D eigenvalue weighted by atomic mass is 16.3. The van der Waals surface area contributed by atoms with Crippen LogP contribution in [0.4, 0.5) is 0 Å². The summed E-state index contributed by atoms with van der Waals surface area (Å²) >= 11 is 0. The molecule has 1 aliphatic carbocycles. The van der Waals surface area contributed by atoms with E-state index < -0.39 is 0 Å². The van der Waals surface area contributed by atoms with Gasteiger partial charge in [-0.1, -0.05) is 26.7 Å². The van der Waals surface area contributed by atoms with E-state index in [-0.39, 0.29) is 0 Å². The second-order valence-corrected chi connectivity index (χ2v) is 7.66. The van der Waals surface area contributed by atoms with Gasteiger partial charge < -0.3 is 15.3 Å². The van der Waals surface area contributed by atoms with E-state index in [0.29, 0.717) is 17.9 Å². The fourth-order valence-electron chi connectivity index (χ4n) is 4.06. The van der Waals surface area contributed by atoms with Gasteiger partial charge in [0.25, 0.3) is 0 Å². The number of nitrogens with zero attached hydrogens (tertiary/aromatic N) is 1. The van der Waals surface area contributed by atoms with Crippen LogP contribution in [0, 0.1) is 17.3 Å². The van der Waals surface area contributed by atoms with E-state index in [2.05, 4.69) is 24.1 Å². The summed E-state index contributed by atoms with van der Waals surface area (Å²) in [6, 6.07) is 0. The lowest BCUT2D eigenvalue weighted by Gasteiger charge is -2.39. The number of aliphatic hydroxyl groups excluding tert-OH is 1. The minimum Gasteiger partial charge on any atom is -0.396 e. The maximum Gasteiger partial charge on any atom is 0.0471 e. The topological polar surface area (TPSA) is 35.5 Å². The Morgan fingerprint density at radius 1 is 1.25 bits per heavy atom. The van der Waals surface area contributed by atoms with E-state index in [0.717, 1.165) is 19.0 Å². The number of piperidine rings is 1. The van der Waals surface area contributed by atoms with Crippen LogP contribution in [0.15, 0.2) is 0 Å². The van der Waals surface area contributed by atoms with Crippen molar-refractivity contribution in [2.75, 3.05) is 39.3 Å². The number of likely N-dealkylation sites (tertiary alicyclic amines) is 1. The van der Waals surface area contributed by atoms with E-state index in [1.54, 1.807) is 0 Å². The van der Waals surface area contributed by atoms with Crippen LogP contribution < -0.4 is 5.32 Å². The average Bonchev–Trinajstić information content (AvgIpc) is 2.87. The molecule has 0 spiro atoms. The van der Waals surface area contributed by atoms with Crippen LogP contribution in [0.2, 0.25) is 0 Å². The van der Waals surface area contributed by atoms with E-state index in [1.165, 1.54) is 58.2 Å². The first kappa shape index (κ1) is 16.3. The maximum atomic E-state index is 9.40. The zero-order valence-corrected chi connectivity index (χ0v) is 13.5. The molecule has 1 aliphatic heterocycles. The van der Waals surface area contributed by atoms with Gasteiger partial charge in [0.1, 0.15) is 0 Å². The second kappa shape index (κ2) is 7.77. The van der Waals surface area contributed by atoms with Crippen molar-refractivity contribution in [1.29, 1.82) is 0 Å². The number of hydrogen-bond acceptors (Lipinski definition) is 3. The van der Waals surface area contributed by atoms with Crippen LogP contribution in [-0.2, 0) is 0 Å². The Morgan fingerprint density at radius 2 is 2.00 bits per heavy atom. The normalized spacial score (nSPS) is 27.3. The SMILES string of the molecule is CC(C)CNCC1(CN2CCCC(CO)C2)CCCC1. The molecule has 20 heavy (non-hydrogen) atoms. The smallest absolute Gasteiger partial charge is 0.0471 e. The Labute approximate surface area is 125 Å². The first-order valence-electron chi connectivity index (χ1n) is 8.67. The number of rotatable bonds is 7. The zero-order valence-electron chi connectivity index (χ0n) is 13.5.